The van der Waals surface area contributed by atoms with E-state index in [1.54, 1.807) is 0 Å². The zero-order valence-electron chi connectivity index (χ0n) is 15.8. The van der Waals surface area contributed by atoms with E-state index in [0.717, 1.165) is 11.1 Å². The summed E-state index contributed by atoms with van der Waals surface area (Å²) in [6.45, 7) is 2.81. The number of nitrogens with one attached hydrogen (secondary N) is 1. The molecule has 0 spiro atoms. The van der Waals surface area contributed by atoms with Gasteiger partial charge in [-0.2, -0.15) is 0 Å². The summed E-state index contributed by atoms with van der Waals surface area (Å²) in [6.07, 6.45) is -0.661. The van der Waals surface area contributed by atoms with Crippen LogP contribution >= 0.6 is 0 Å². The predicted octanol–water partition coefficient (Wildman–Crippen LogP) is 3.95. The molecule has 3 aromatic carbocycles. The van der Waals surface area contributed by atoms with Crippen LogP contribution in [0.4, 0.5) is 0 Å². The van der Waals surface area contributed by atoms with Gasteiger partial charge in [-0.25, -0.2) is 0 Å². The molecule has 1 amide bonds. The zero-order chi connectivity index (χ0) is 19.4. The molecule has 0 radical (unpaired) electrons. The molecule has 1 atom stereocenters. The van der Waals surface area contributed by atoms with Gasteiger partial charge in [0.1, 0.15) is 6.61 Å². The standard InChI is InChI=1S/C24H23NO3/c1-24(18-10-4-2-5-11-18,19-12-6-3-7-13-19)17-25-23(26)22-16-27-20-14-8-9-15-21(20)28-22/h2-15,22H,16-17H2,1H3,(H,25,26)/t22-/m1/s1. The van der Waals surface area contributed by atoms with Crippen molar-refractivity contribution in [1.82, 2.24) is 5.32 Å². The van der Waals surface area contributed by atoms with Gasteiger partial charge in [-0.1, -0.05) is 72.8 Å². The van der Waals surface area contributed by atoms with Gasteiger partial charge in [0.15, 0.2) is 11.5 Å². The summed E-state index contributed by atoms with van der Waals surface area (Å²) >= 11 is 0. The molecule has 0 fully saturated rings. The molecule has 28 heavy (non-hydrogen) atoms. The zero-order valence-corrected chi connectivity index (χ0v) is 15.8. The number of fused-ring (bicyclic) bond motifs is 1. The van der Waals surface area contributed by atoms with Crippen molar-refractivity contribution in [1.29, 1.82) is 0 Å². The second-order valence-electron chi connectivity index (χ2n) is 7.15. The van der Waals surface area contributed by atoms with Crippen LogP contribution in [0.2, 0.25) is 0 Å². The van der Waals surface area contributed by atoms with Gasteiger partial charge in [-0.3, -0.25) is 4.79 Å². The summed E-state index contributed by atoms with van der Waals surface area (Å²) in [5.74, 6) is 1.10. The Bertz CT molecular complexity index is 901. The van der Waals surface area contributed by atoms with Crippen molar-refractivity contribution >= 4 is 5.91 Å². The smallest absolute Gasteiger partial charge is 0.264 e. The third kappa shape index (κ3) is 3.58. The molecule has 1 heterocycles. The van der Waals surface area contributed by atoms with Crippen LogP contribution in [-0.4, -0.2) is 25.2 Å². The van der Waals surface area contributed by atoms with Crippen molar-refractivity contribution in [3.8, 4) is 11.5 Å². The maximum atomic E-state index is 12.8. The molecule has 142 valence electrons. The summed E-state index contributed by atoms with van der Waals surface area (Å²) in [7, 11) is 0. The van der Waals surface area contributed by atoms with Gasteiger partial charge in [0.2, 0.25) is 6.10 Å². The quantitative estimate of drug-likeness (QED) is 0.737. The molecule has 0 aliphatic carbocycles. The number of benzene rings is 3. The first kappa shape index (κ1) is 18.1. The first-order valence-corrected chi connectivity index (χ1v) is 9.44. The first-order chi connectivity index (χ1) is 13.7. The maximum absolute atomic E-state index is 12.8. The van der Waals surface area contributed by atoms with Gasteiger partial charge in [-0.05, 0) is 30.2 Å². The molecule has 4 rings (SSSR count). The van der Waals surface area contributed by atoms with E-state index in [1.807, 2.05) is 60.7 Å². The van der Waals surface area contributed by atoms with Gasteiger partial charge in [0, 0.05) is 12.0 Å². The molecule has 4 heteroatoms. The van der Waals surface area contributed by atoms with Gasteiger partial charge in [0.25, 0.3) is 5.91 Å². The number of carbonyl (C=O) groups is 1. The minimum atomic E-state index is -0.661. The number of para-hydroxylation sites is 2. The lowest BCUT2D eigenvalue weighted by Crippen LogP contribution is -2.48. The van der Waals surface area contributed by atoms with E-state index in [4.69, 9.17) is 9.47 Å². The molecule has 0 saturated carbocycles. The van der Waals surface area contributed by atoms with E-state index in [-0.39, 0.29) is 17.9 Å². The molecular weight excluding hydrogens is 350 g/mol. The molecule has 0 saturated heterocycles. The van der Waals surface area contributed by atoms with Crippen molar-refractivity contribution in [3.63, 3.8) is 0 Å². The fourth-order valence-corrected chi connectivity index (χ4v) is 3.51. The van der Waals surface area contributed by atoms with Crippen molar-refractivity contribution in [3.05, 3.63) is 96.1 Å². The third-order valence-electron chi connectivity index (χ3n) is 5.24. The Morgan fingerprint density at radius 3 is 2.04 bits per heavy atom. The maximum Gasteiger partial charge on any atom is 0.264 e. The van der Waals surface area contributed by atoms with Crippen LogP contribution in [0.3, 0.4) is 0 Å². The van der Waals surface area contributed by atoms with Crippen LogP contribution in [-0.2, 0) is 10.2 Å². The molecular formula is C24H23NO3. The number of carbonyl (C=O) groups excluding carboxylic acids is 1. The average molecular weight is 373 g/mol. The normalized spacial score (nSPS) is 15.7. The SMILES string of the molecule is CC(CNC(=O)[C@H]1COc2ccccc2O1)(c1ccccc1)c1ccccc1. The number of hydrogen-bond donors (Lipinski definition) is 1. The second kappa shape index (κ2) is 7.77. The largest absolute Gasteiger partial charge is 0.485 e. The number of rotatable bonds is 5. The lowest BCUT2D eigenvalue weighted by molar-refractivity contribution is -0.130. The monoisotopic (exact) mass is 373 g/mol. The van der Waals surface area contributed by atoms with Crippen LogP contribution in [0.25, 0.3) is 0 Å². The topological polar surface area (TPSA) is 47.6 Å². The van der Waals surface area contributed by atoms with E-state index in [9.17, 15) is 4.79 Å². The summed E-state index contributed by atoms with van der Waals surface area (Å²) in [6, 6.07) is 27.9. The van der Waals surface area contributed by atoms with Gasteiger partial charge in [-0.15, -0.1) is 0 Å². The molecule has 0 aromatic heterocycles. The van der Waals surface area contributed by atoms with Gasteiger partial charge in [0.05, 0.1) is 0 Å². The highest BCUT2D eigenvalue weighted by Crippen LogP contribution is 2.32. The molecule has 0 unspecified atom stereocenters. The molecule has 3 aromatic rings. The van der Waals surface area contributed by atoms with Crippen LogP contribution in [0, 0.1) is 0 Å². The Labute approximate surface area is 165 Å². The Balaban J connectivity index is 1.52. The van der Waals surface area contributed by atoms with Crippen LogP contribution < -0.4 is 14.8 Å². The minimum Gasteiger partial charge on any atom is -0.485 e. The molecule has 1 aliphatic rings. The molecule has 1 N–H and O–H groups in total. The fraction of sp³-hybridized carbons (Fsp3) is 0.208. The first-order valence-electron chi connectivity index (χ1n) is 9.44. The summed E-state index contributed by atoms with van der Waals surface area (Å²) in [5, 5.41) is 3.08. The van der Waals surface area contributed by atoms with Crippen LogP contribution in [0.1, 0.15) is 18.1 Å². The fourth-order valence-electron chi connectivity index (χ4n) is 3.51. The number of amides is 1. The summed E-state index contributed by atoms with van der Waals surface area (Å²) in [4.78, 5) is 12.8. The Morgan fingerprint density at radius 1 is 0.893 bits per heavy atom. The molecule has 1 aliphatic heterocycles. The molecule has 4 nitrogen and oxygen atoms in total. The number of ether oxygens (including phenoxy) is 2. The predicted molar refractivity (Wildman–Crippen MR) is 109 cm³/mol. The lowest BCUT2D eigenvalue weighted by atomic mass is 9.76. The number of hydrogen-bond acceptors (Lipinski definition) is 3. The molecule has 0 bridgehead atoms. The third-order valence-corrected chi connectivity index (χ3v) is 5.24. The Morgan fingerprint density at radius 2 is 1.43 bits per heavy atom. The van der Waals surface area contributed by atoms with E-state index in [2.05, 4.69) is 36.5 Å². The van der Waals surface area contributed by atoms with Crippen molar-refractivity contribution < 1.29 is 14.3 Å². The lowest BCUT2D eigenvalue weighted by Gasteiger charge is -2.32. The van der Waals surface area contributed by atoms with Gasteiger partial charge < -0.3 is 14.8 Å². The van der Waals surface area contributed by atoms with Crippen molar-refractivity contribution in [2.75, 3.05) is 13.2 Å². The van der Waals surface area contributed by atoms with E-state index < -0.39 is 6.10 Å². The second-order valence-corrected chi connectivity index (χ2v) is 7.15. The van der Waals surface area contributed by atoms with Gasteiger partial charge >= 0.3 is 0 Å². The highest BCUT2D eigenvalue weighted by molar-refractivity contribution is 5.82. The highest BCUT2D eigenvalue weighted by Gasteiger charge is 2.32. The van der Waals surface area contributed by atoms with E-state index >= 15 is 0 Å². The summed E-state index contributed by atoms with van der Waals surface area (Å²) < 4.78 is 11.5. The minimum absolute atomic E-state index is 0.174. The Hall–Kier alpha value is -3.27. The highest BCUT2D eigenvalue weighted by atomic mass is 16.6. The van der Waals surface area contributed by atoms with Crippen molar-refractivity contribution in [2.45, 2.75) is 18.4 Å². The van der Waals surface area contributed by atoms with E-state index in [0.29, 0.717) is 18.0 Å². The van der Waals surface area contributed by atoms with E-state index in [1.165, 1.54) is 0 Å². The summed E-state index contributed by atoms with van der Waals surface area (Å²) in [5.41, 5.74) is 1.94. The Kier molecular flexibility index (Phi) is 5.02. The average Bonchev–Trinajstić information content (AvgIpc) is 2.78. The van der Waals surface area contributed by atoms with Crippen LogP contribution in [0.15, 0.2) is 84.9 Å². The van der Waals surface area contributed by atoms with Crippen LogP contribution in [0.5, 0.6) is 11.5 Å². The van der Waals surface area contributed by atoms with Crippen molar-refractivity contribution in [2.24, 2.45) is 0 Å².